The first-order valence-corrected chi connectivity index (χ1v) is 6.58. The van der Waals surface area contributed by atoms with Crippen molar-refractivity contribution in [2.75, 3.05) is 26.2 Å². The predicted octanol–water partition coefficient (Wildman–Crippen LogP) is 2.17. The highest BCUT2D eigenvalue weighted by molar-refractivity contribution is 5.87. The molecule has 102 valence electrons. The van der Waals surface area contributed by atoms with E-state index in [4.69, 9.17) is 9.84 Å². The van der Waals surface area contributed by atoms with Gasteiger partial charge in [0.05, 0.1) is 6.61 Å². The van der Waals surface area contributed by atoms with Crippen molar-refractivity contribution in [2.24, 2.45) is 0 Å². The summed E-state index contributed by atoms with van der Waals surface area (Å²) >= 11 is 0. The normalized spacial score (nSPS) is 15.9. The van der Waals surface area contributed by atoms with Crippen molar-refractivity contribution in [3.8, 4) is 5.75 Å². The topological polar surface area (TPSA) is 49.8 Å². The number of para-hydroxylation sites is 1. The van der Waals surface area contributed by atoms with E-state index in [-0.39, 0.29) is 0 Å². The Labute approximate surface area is 113 Å². The monoisotopic (exact) mass is 261 g/mol. The SMILES string of the molecule is O=C(O)C1=CCCN(CCCOc2ccccc2)C1. The Bertz CT molecular complexity index is 442. The number of benzene rings is 1. The fourth-order valence-electron chi connectivity index (χ4n) is 2.15. The number of aliphatic carboxylic acids is 1. The minimum Gasteiger partial charge on any atom is -0.494 e. The van der Waals surface area contributed by atoms with Crippen LogP contribution in [0.2, 0.25) is 0 Å². The zero-order valence-electron chi connectivity index (χ0n) is 10.9. The lowest BCUT2D eigenvalue weighted by Gasteiger charge is -2.25. The van der Waals surface area contributed by atoms with E-state index >= 15 is 0 Å². The average molecular weight is 261 g/mol. The smallest absolute Gasteiger partial charge is 0.332 e. The van der Waals surface area contributed by atoms with Gasteiger partial charge < -0.3 is 9.84 Å². The van der Waals surface area contributed by atoms with Gasteiger partial charge in [-0.05, 0) is 25.0 Å². The minimum atomic E-state index is -0.801. The molecule has 0 spiro atoms. The van der Waals surface area contributed by atoms with E-state index in [0.29, 0.717) is 18.7 Å². The third kappa shape index (κ3) is 4.41. The number of ether oxygens (including phenoxy) is 1. The molecule has 0 bridgehead atoms. The average Bonchev–Trinajstić information content (AvgIpc) is 2.45. The summed E-state index contributed by atoms with van der Waals surface area (Å²) in [5.41, 5.74) is 0.509. The molecule has 1 N–H and O–H groups in total. The van der Waals surface area contributed by atoms with Gasteiger partial charge in [-0.3, -0.25) is 4.90 Å². The van der Waals surface area contributed by atoms with Gasteiger partial charge in [0.1, 0.15) is 5.75 Å². The number of carboxylic acid groups (broad SMARTS) is 1. The van der Waals surface area contributed by atoms with Crippen LogP contribution in [0.3, 0.4) is 0 Å². The maximum Gasteiger partial charge on any atom is 0.332 e. The Hall–Kier alpha value is -1.81. The highest BCUT2D eigenvalue weighted by Crippen LogP contribution is 2.11. The van der Waals surface area contributed by atoms with Crippen molar-refractivity contribution in [3.05, 3.63) is 42.0 Å². The van der Waals surface area contributed by atoms with Gasteiger partial charge in [-0.15, -0.1) is 0 Å². The number of carbonyl (C=O) groups is 1. The van der Waals surface area contributed by atoms with Gasteiger partial charge in [-0.1, -0.05) is 24.3 Å². The predicted molar refractivity (Wildman–Crippen MR) is 73.3 cm³/mol. The highest BCUT2D eigenvalue weighted by atomic mass is 16.5. The van der Waals surface area contributed by atoms with Crippen LogP contribution < -0.4 is 4.74 Å². The van der Waals surface area contributed by atoms with Crippen molar-refractivity contribution < 1.29 is 14.6 Å². The van der Waals surface area contributed by atoms with Crippen LogP contribution >= 0.6 is 0 Å². The molecule has 0 saturated carbocycles. The first-order chi connectivity index (χ1) is 9.25. The lowest BCUT2D eigenvalue weighted by molar-refractivity contribution is -0.133. The van der Waals surface area contributed by atoms with E-state index in [0.717, 1.165) is 31.7 Å². The van der Waals surface area contributed by atoms with E-state index in [1.807, 2.05) is 36.4 Å². The maximum atomic E-state index is 10.9. The molecule has 1 aromatic carbocycles. The zero-order chi connectivity index (χ0) is 13.5. The van der Waals surface area contributed by atoms with Crippen LogP contribution in [0.1, 0.15) is 12.8 Å². The van der Waals surface area contributed by atoms with Crippen LogP contribution in [-0.4, -0.2) is 42.2 Å². The quantitative estimate of drug-likeness (QED) is 0.797. The summed E-state index contributed by atoms with van der Waals surface area (Å²) < 4.78 is 5.61. The summed E-state index contributed by atoms with van der Waals surface area (Å²) in [6.45, 7) is 3.01. The standard InChI is InChI=1S/C15H19NO3/c17-15(18)13-6-4-9-16(12-13)10-5-11-19-14-7-2-1-3-8-14/h1-3,6-8H,4-5,9-12H2,(H,17,18). The van der Waals surface area contributed by atoms with Gasteiger partial charge in [0.25, 0.3) is 0 Å². The van der Waals surface area contributed by atoms with Crippen LogP contribution in [0.4, 0.5) is 0 Å². The third-order valence-corrected chi connectivity index (χ3v) is 3.14. The van der Waals surface area contributed by atoms with Crippen LogP contribution in [0.5, 0.6) is 5.75 Å². The minimum absolute atomic E-state index is 0.509. The van der Waals surface area contributed by atoms with E-state index in [9.17, 15) is 4.79 Å². The largest absolute Gasteiger partial charge is 0.494 e. The van der Waals surface area contributed by atoms with Gasteiger partial charge >= 0.3 is 5.97 Å². The Morgan fingerprint density at radius 1 is 1.32 bits per heavy atom. The first-order valence-electron chi connectivity index (χ1n) is 6.58. The summed E-state index contributed by atoms with van der Waals surface area (Å²) in [6, 6.07) is 9.73. The molecule has 0 unspecified atom stereocenters. The van der Waals surface area contributed by atoms with Crippen molar-refractivity contribution in [3.63, 3.8) is 0 Å². The van der Waals surface area contributed by atoms with Crippen molar-refractivity contribution in [1.29, 1.82) is 0 Å². The molecule has 1 heterocycles. The Kier molecular flexibility index (Phi) is 4.98. The lowest BCUT2D eigenvalue weighted by Crippen LogP contribution is -2.33. The number of carboxylic acids is 1. The molecular formula is C15H19NO3. The fourth-order valence-corrected chi connectivity index (χ4v) is 2.15. The summed E-state index contributed by atoms with van der Waals surface area (Å²) in [6.07, 6.45) is 3.54. The van der Waals surface area contributed by atoms with Crippen LogP contribution in [-0.2, 0) is 4.79 Å². The third-order valence-electron chi connectivity index (χ3n) is 3.14. The summed E-state index contributed by atoms with van der Waals surface area (Å²) in [5.74, 6) is 0.0810. The number of hydrogen-bond acceptors (Lipinski definition) is 3. The van der Waals surface area contributed by atoms with Crippen LogP contribution in [0, 0.1) is 0 Å². The first kappa shape index (κ1) is 13.6. The van der Waals surface area contributed by atoms with Gasteiger partial charge in [-0.25, -0.2) is 4.79 Å². The van der Waals surface area contributed by atoms with Crippen molar-refractivity contribution >= 4 is 5.97 Å². The van der Waals surface area contributed by atoms with Gasteiger partial charge in [0.15, 0.2) is 0 Å². The lowest BCUT2D eigenvalue weighted by atomic mass is 10.1. The van der Waals surface area contributed by atoms with E-state index in [1.165, 1.54) is 0 Å². The summed E-state index contributed by atoms with van der Waals surface area (Å²) in [4.78, 5) is 13.1. The summed E-state index contributed by atoms with van der Waals surface area (Å²) in [7, 11) is 0. The molecule has 0 saturated heterocycles. The van der Waals surface area contributed by atoms with E-state index in [2.05, 4.69) is 4.90 Å². The van der Waals surface area contributed by atoms with Gasteiger partial charge in [0, 0.05) is 25.2 Å². The molecule has 0 atom stereocenters. The molecule has 0 fully saturated rings. The van der Waals surface area contributed by atoms with E-state index < -0.39 is 5.97 Å². The molecule has 0 amide bonds. The molecule has 2 rings (SSSR count). The van der Waals surface area contributed by atoms with Crippen LogP contribution in [0.25, 0.3) is 0 Å². The zero-order valence-corrected chi connectivity index (χ0v) is 10.9. The van der Waals surface area contributed by atoms with Crippen molar-refractivity contribution in [2.45, 2.75) is 12.8 Å². The molecule has 19 heavy (non-hydrogen) atoms. The Morgan fingerprint density at radius 3 is 2.84 bits per heavy atom. The molecule has 1 aromatic rings. The maximum absolute atomic E-state index is 10.9. The second-order valence-electron chi connectivity index (χ2n) is 4.61. The van der Waals surface area contributed by atoms with E-state index in [1.54, 1.807) is 0 Å². The molecule has 0 radical (unpaired) electrons. The molecule has 1 aliphatic rings. The fraction of sp³-hybridized carbons (Fsp3) is 0.400. The van der Waals surface area contributed by atoms with Crippen LogP contribution in [0.15, 0.2) is 42.0 Å². The highest BCUT2D eigenvalue weighted by Gasteiger charge is 2.16. The van der Waals surface area contributed by atoms with Crippen molar-refractivity contribution in [1.82, 2.24) is 4.90 Å². The summed E-state index contributed by atoms with van der Waals surface area (Å²) in [5, 5.41) is 8.96. The Balaban J connectivity index is 1.67. The molecule has 0 aromatic heterocycles. The van der Waals surface area contributed by atoms with Gasteiger partial charge in [-0.2, -0.15) is 0 Å². The second-order valence-corrected chi connectivity index (χ2v) is 4.61. The number of hydrogen-bond donors (Lipinski definition) is 1. The Morgan fingerprint density at radius 2 is 2.11 bits per heavy atom. The molecule has 1 aliphatic heterocycles. The molecule has 4 nitrogen and oxygen atoms in total. The molecule has 4 heteroatoms. The molecule has 0 aliphatic carbocycles. The number of rotatable bonds is 6. The second kappa shape index (κ2) is 6.95. The van der Waals surface area contributed by atoms with Gasteiger partial charge in [0.2, 0.25) is 0 Å². The number of nitrogens with zero attached hydrogens (tertiary/aromatic N) is 1. The molecular weight excluding hydrogens is 242 g/mol.